The second-order valence-electron chi connectivity index (χ2n) is 4.38. The maximum atomic E-state index is 9.46. The van der Waals surface area contributed by atoms with Crippen LogP contribution in [0.3, 0.4) is 0 Å². The van der Waals surface area contributed by atoms with Gasteiger partial charge in [0.2, 0.25) is 0 Å². The second kappa shape index (κ2) is 5.62. The first-order valence-corrected chi connectivity index (χ1v) is 7.52. The number of rotatable bonds is 1. The Morgan fingerprint density at radius 1 is 1.15 bits per heavy atom. The minimum atomic E-state index is 0.670. The monoisotopic (exact) mass is 298 g/mol. The number of nitriles is 1. The van der Waals surface area contributed by atoms with Gasteiger partial charge in [-0.1, -0.05) is 35.9 Å². The van der Waals surface area contributed by atoms with Gasteiger partial charge in [0.25, 0.3) is 0 Å². The number of benzene rings is 2. The molecule has 0 saturated carbocycles. The number of hydrogen-bond donors (Lipinski definition) is 1. The van der Waals surface area contributed by atoms with Crippen molar-refractivity contribution in [3.05, 3.63) is 64.8 Å². The van der Waals surface area contributed by atoms with Crippen LogP contribution in [0.5, 0.6) is 0 Å². The first kappa shape index (κ1) is 13.1. The van der Waals surface area contributed by atoms with Crippen LogP contribution in [0.4, 0.5) is 5.69 Å². The zero-order valence-corrected chi connectivity index (χ0v) is 12.1. The lowest BCUT2D eigenvalue weighted by molar-refractivity contribution is 1.29. The van der Waals surface area contributed by atoms with E-state index in [1.54, 1.807) is 23.9 Å². The number of nitrogens with one attached hydrogen (secondary N) is 1. The van der Waals surface area contributed by atoms with E-state index in [2.05, 4.69) is 17.5 Å². The van der Waals surface area contributed by atoms with Crippen LogP contribution in [0.1, 0.15) is 5.56 Å². The molecule has 0 radical (unpaired) electrons. The zero-order chi connectivity index (χ0) is 13.9. The SMILES string of the molecule is N#CC(=C1CSc2ccccc2N1)c1ccc(Cl)cc1. The fraction of sp³-hybridized carbons (Fsp3) is 0.0625. The van der Waals surface area contributed by atoms with Gasteiger partial charge in [0.05, 0.1) is 11.3 Å². The minimum absolute atomic E-state index is 0.670. The van der Waals surface area contributed by atoms with Crippen molar-refractivity contribution in [2.45, 2.75) is 4.90 Å². The summed E-state index contributed by atoms with van der Waals surface area (Å²) in [5.41, 5.74) is 3.56. The van der Waals surface area contributed by atoms with Gasteiger partial charge >= 0.3 is 0 Å². The number of fused-ring (bicyclic) bond motifs is 1. The molecule has 1 aliphatic rings. The number of para-hydroxylation sites is 1. The van der Waals surface area contributed by atoms with Gasteiger partial charge in [-0.05, 0) is 29.8 Å². The number of halogens is 1. The van der Waals surface area contributed by atoms with Gasteiger partial charge in [-0.15, -0.1) is 11.8 Å². The quantitative estimate of drug-likeness (QED) is 0.769. The lowest BCUT2D eigenvalue weighted by Crippen LogP contribution is -2.10. The molecule has 0 amide bonds. The van der Waals surface area contributed by atoms with Crippen LogP contribution in [0.15, 0.2) is 59.1 Å². The number of nitrogens with zero attached hydrogens (tertiary/aromatic N) is 1. The number of anilines is 1. The summed E-state index contributed by atoms with van der Waals surface area (Å²) >= 11 is 7.63. The van der Waals surface area contributed by atoms with Crippen LogP contribution < -0.4 is 5.32 Å². The number of thioether (sulfide) groups is 1. The summed E-state index contributed by atoms with van der Waals surface area (Å²) in [6.45, 7) is 0. The molecule has 3 rings (SSSR count). The molecule has 0 saturated heterocycles. The Morgan fingerprint density at radius 3 is 2.65 bits per heavy atom. The normalized spacial score (nSPS) is 15.8. The van der Waals surface area contributed by atoms with Crippen LogP contribution in [0.2, 0.25) is 5.02 Å². The van der Waals surface area contributed by atoms with Crippen molar-refractivity contribution in [3.63, 3.8) is 0 Å². The molecule has 20 heavy (non-hydrogen) atoms. The van der Waals surface area contributed by atoms with Crippen LogP contribution in [-0.4, -0.2) is 5.75 Å². The third-order valence-electron chi connectivity index (χ3n) is 3.09. The van der Waals surface area contributed by atoms with E-state index >= 15 is 0 Å². The van der Waals surface area contributed by atoms with Crippen LogP contribution >= 0.6 is 23.4 Å². The highest BCUT2D eigenvalue weighted by Crippen LogP contribution is 2.36. The van der Waals surface area contributed by atoms with Gasteiger partial charge in [-0.3, -0.25) is 0 Å². The van der Waals surface area contributed by atoms with Gasteiger partial charge < -0.3 is 5.32 Å². The summed E-state index contributed by atoms with van der Waals surface area (Å²) < 4.78 is 0. The van der Waals surface area contributed by atoms with Gasteiger partial charge in [-0.2, -0.15) is 5.26 Å². The lowest BCUT2D eigenvalue weighted by atomic mass is 10.1. The predicted octanol–water partition coefficient (Wildman–Crippen LogP) is 4.79. The first-order valence-electron chi connectivity index (χ1n) is 6.16. The second-order valence-corrected chi connectivity index (χ2v) is 5.84. The van der Waals surface area contributed by atoms with Crippen molar-refractivity contribution in [2.75, 3.05) is 11.1 Å². The van der Waals surface area contributed by atoms with Crippen LogP contribution in [0, 0.1) is 11.3 Å². The fourth-order valence-electron chi connectivity index (χ4n) is 2.10. The fourth-order valence-corrected chi connectivity index (χ4v) is 3.19. The topological polar surface area (TPSA) is 35.8 Å². The molecule has 1 heterocycles. The highest BCUT2D eigenvalue weighted by molar-refractivity contribution is 7.99. The van der Waals surface area contributed by atoms with Crippen LogP contribution in [0.25, 0.3) is 5.57 Å². The van der Waals surface area contributed by atoms with Crippen molar-refractivity contribution in [3.8, 4) is 6.07 Å². The van der Waals surface area contributed by atoms with E-state index < -0.39 is 0 Å². The lowest BCUT2D eigenvalue weighted by Gasteiger charge is -2.21. The molecular weight excluding hydrogens is 288 g/mol. The van der Waals surface area contributed by atoms with Gasteiger partial charge in [0.15, 0.2) is 0 Å². The van der Waals surface area contributed by atoms with Crippen molar-refractivity contribution >= 4 is 34.6 Å². The molecule has 0 bridgehead atoms. The Balaban J connectivity index is 2.01. The Labute approximate surface area is 127 Å². The Bertz CT molecular complexity index is 714. The summed E-state index contributed by atoms with van der Waals surface area (Å²) in [6, 6.07) is 17.8. The maximum absolute atomic E-state index is 9.46. The molecule has 0 spiro atoms. The predicted molar refractivity (Wildman–Crippen MR) is 84.8 cm³/mol. The first-order chi connectivity index (χ1) is 9.78. The Morgan fingerprint density at radius 2 is 1.90 bits per heavy atom. The Kier molecular flexibility index (Phi) is 3.68. The third kappa shape index (κ3) is 2.53. The number of hydrogen-bond acceptors (Lipinski definition) is 3. The summed E-state index contributed by atoms with van der Waals surface area (Å²) in [5, 5.41) is 13.5. The average molecular weight is 299 g/mol. The molecule has 0 fully saturated rings. The zero-order valence-electron chi connectivity index (χ0n) is 10.6. The standard InChI is InChI=1S/C16H11ClN2S/c17-12-7-5-11(6-8-12)13(9-18)15-10-20-16-4-2-1-3-14(16)19-15/h1-8,19H,10H2. The summed E-state index contributed by atoms with van der Waals surface area (Å²) in [6.07, 6.45) is 0. The molecule has 0 unspecified atom stereocenters. The summed E-state index contributed by atoms with van der Waals surface area (Å²) in [5.74, 6) is 0.766. The highest BCUT2D eigenvalue weighted by atomic mass is 35.5. The Hall–Kier alpha value is -1.89. The van der Waals surface area contributed by atoms with Gasteiger partial charge in [0, 0.05) is 21.4 Å². The van der Waals surface area contributed by atoms with E-state index in [0.717, 1.165) is 22.7 Å². The summed E-state index contributed by atoms with van der Waals surface area (Å²) in [4.78, 5) is 1.21. The highest BCUT2D eigenvalue weighted by Gasteiger charge is 2.16. The van der Waals surface area contributed by atoms with E-state index in [0.29, 0.717) is 10.6 Å². The number of allylic oxidation sites excluding steroid dienone is 1. The van der Waals surface area contributed by atoms with Crippen molar-refractivity contribution in [2.24, 2.45) is 0 Å². The van der Waals surface area contributed by atoms with Crippen LogP contribution in [-0.2, 0) is 0 Å². The third-order valence-corrected chi connectivity index (χ3v) is 4.44. The van der Waals surface area contributed by atoms with Gasteiger partial charge in [-0.25, -0.2) is 0 Å². The molecule has 2 nitrogen and oxygen atoms in total. The molecule has 98 valence electrons. The van der Waals surface area contributed by atoms with Gasteiger partial charge in [0.1, 0.15) is 6.07 Å². The molecule has 0 atom stereocenters. The molecule has 0 aliphatic carbocycles. The van der Waals surface area contributed by atoms with E-state index in [9.17, 15) is 5.26 Å². The van der Waals surface area contributed by atoms with E-state index in [1.807, 2.05) is 30.3 Å². The van der Waals surface area contributed by atoms with Crippen molar-refractivity contribution in [1.29, 1.82) is 5.26 Å². The van der Waals surface area contributed by atoms with E-state index in [-0.39, 0.29) is 0 Å². The molecule has 1 N–H and O–H groups in total. The van der Waals surface area contributed by atoms with Crippen molar-refractivity contribution in [1.82, 2.24) is 0 Å². The van der Waals surface area contributed by atoms with Crippen molar-refractivity contribution < 1.29 is 0 Å². The molecule has 2 aromatic carbocycles. The smallest absolute Gasteiger partial charge is 0.102 e. The average Bonchev–Trinajstić information content (AvgIpc) is 2.50. The largest absolute Gasteiger partial charge is 0.356 e. The maximum Gasteiger partial charge on any atom is 0.102 e. The molecule has 4 heteroatoms. The van der Waals surface area contributed by atoms with E-state index in [1.165, 1.54) is 4.90 Å². The molecular formula is C16H11ClN2S. The van der Waals surface area contributed by atoms with E-state index in [4.69, 9.17) is 11.6 Å². The minimum Gasteiger partial charge on any atom is -0.356 e. The molecule has 1 aliphatic heterocycles. The molecule has 0 aromatic heterocycles. The summed E-state index contributed by atoms with van der Waals surface area (Å²) in [7, 11) is 0. The molecule has 2 aromatic rings.